The number of rotatable bonds is 12. The molecule has 0 spiro atoms. The van der Waals surface area contributed by atoms with Gasteiger partial charge in [0.2, 0.25) is 5.91 Å². The van der Waals surface area contributed by atoms with E-state index in [1.54, 1.807) is 25.1 Å². The van der Waals surface area contributed by atoms with Gasteiger partial charge in [0.15, 0.2) is 21.4 Å². The van der Waals surface area contributed by atoms with Crippen LogP contribution in [0.4, 0.5) is 9.18 Å². The van der Waals surface area contributed by atoms with Gasteiger partial charge in [-0.15, -0.1) is 0 Å². The van der Waals surface area contributed by atoms with Crippen molar-refractivity contribution < 1.29 is 27.1 Å². The van der Waals surface area contributed by atoms with Crippen LogP contribution in [0.2, 0.25) is 0 Å². The van der Waals surface area contributed by atoms with Gasteiger partial charge in [-0.1, -0.05) is 25.5 Å². The first-order valence-electron chi connectivity index (χ1n) is 10.5. The van der Waals surface area contributed by atoms with Gasteiger partial charge in [-0.3, -0.25) is 10.1 Å². The molecule has 1 saturated heterocycles. The maximum atomic E-state index is 14.7. The summed E-state index contributed by atoms with van der Waals surface area (Å²) in [5.74, 6) is -0.677. The van der Waals surface area contributed by atoms with Crippen molar-refractivity contribution in [1.82, 2.24) is 10.2 Å². The fourth-order valence-corrected chi connectivity index (χ4v) is 5.28. The van der Waals surface area contributed by atoms with E-state index in [4.69, 9.17) is 4.74 Å². The molecule has 1 aliphatic heterocycles. The highest BCUT2D eigenvalue weighted by Gasteiger charge is 2.26. The molecule has 1 saturated carbocycles. The number of amides is 3. The third-order valence-corrected chi connectivity index (χ3v) is 7.37. The number of ether oxygens (including phenoxy) is 1. The van der Waals surface area contributed by atoms with Crippen molar-refractivity contribution in [2.45, 2.75) is 44.9 Å². The summed E-state index contributed by atoms with van der Waals surface area (Å²) in [4.78, 5) is 24.0. The number of sulfone groups is 1. The van der Waals surface area contributed by atoms with Gasteiger partial charge in [-0.2, -0.15) is 13.5 Å². The molecule has 0 radical (unpaired) electrons. The van der Waals surface area contributed by atoms with Crippen molar-refractivity contribution in [1.29, 1.82) is 0 Å². The number of halogens is 1. The zero-order valence-corrected chi connectivity index (χ0v) is 19.5. The van der Waals surface area contributed by atoms with Crippen LogP contribution in [0.15, 0.2) is 18.2 Å². The molecular formula is C21H31FN2O5S2. The van der Waals surface area contributed by atoms with Gasteiger partial charge in [0.05, 0.1) is 18.1 Å². The molecule has 1 N–H and O–H groups in total. The van der Waals surface area contributed by atoms with Crippen LogP contribution in [0.1, 0.15) is 50.5 Å². The van der Waals surface area contributed by atoms with E-state index in [0.29, 0.717) is 43.9 Å². The minimum absolute atomic E-state index is 0. The van der Waals surface area contributed by atoms with Crippen molar-refractivity contribution in [3.63, 3.8) is 0 Å². The Bertz CT molecular complexity index is 890. The predicted molar refractivity (Wildman–Crippen MR) is 121 cm³/mol. The Hall–Kier alpha value is -1.81. The summed E-state index contributed by atoms with van der Waals surface area (Å²) < 4.78 is 45.3. The van der Waals surface area contributed by atoms with E-state index in [-0.39, 0.29) is 43.2 Å². The molecule has 0 unspecified atom stereocenters. The first kappa shape index (κ1) is 25.5. The van der Waals surface area contributed by atoms with Crippen LogP contribution in [0.25, 0.3) is 0 Å². The lowest BCUT2D eigenvalue weighted by atomic mass is 10.0. The second-order valence-electron chi connectivity index (χ2n) is 8.26. The number of imide groups is 1. The predicted octanol–water partition coefficient (Wildman–Crippen LogP) is 2.97. The lowest BCUT2D eigenvalue weighted by Crippen LogP contribution is -2.29. The van der Waals surface area contributed by atoms with Crippen LogP contribution in [0, 0.1) is 11.7 Å². The fourth-order valence-electron chi connectivity index (χ4n) is 3.53. The first-order chi connectivity index (χ1) is 14.2. The number of benzene rings is 1. The summed E-state index contributed by atoms with van der Waals surface area (Å²) in [6.07, 6.45) is 3.94. The number of nitrogens with one attached hydrogen (secondary N) is 1. The molecule has 3 amide bonds. The van der Waals surface area contributed by atoms with Gasteiger partial charge >= 0.3 is 6.03 Å². The van der Waals surface area contributed by atoms with Crippen molar-refractivity contribution in [2.75, 3.05) is 31.2 Å². The lowest BCUT2D eigenvalue weighted by molar-refractivity contribution is -0.118. The van der Waals surface area contributed by atoms with Gasteiger partial charge in [-0.05, 0) is 49.1 Å². The molecule has 174 valence electrons. The van der Waals surface area contributed by atoms with E-state index >= 15 is 0 Å². The SMILES string of the molecule is C[C@H](CS(=O)(=O)CCCCCN1CC(=O)NC1=O)c1cccc(OCC2CC2)c1F.S. The smallest absolute Gasteiger partial charge is 0.324 e. The number of hydrogen-bond donors (Lipinski definition) is 1. The highest BCUT2D eigenvalue weighted by molar-refractivity contribution is 7.91. The molecule has 0 aromatic heterocycles. The van der Waals surface area contributed by atoms with E-state index in [0.717, 1.165) is 12.8 Å². The van der Waals surface area contributed by atoms with Crippen LogP contribution in [0.5, 0.6) is 5.75 Å². The fraction of sp³-hybridized carbons (Fsp3) is 0.619. The summed E-state index contributed by atoms with van der Waals surface area (Å²) in [5.41, 5.74) is 0.358. The van der Waals surface area contributed by atoms with Gasteiger partial charge in [0.25, 0.3) is 0 Å². The largest absolute Gasteiger partial charge is 0.490 e. The molecule has 1 heterocycles. The highest BCUT2D eigenvalue weighted by atomic mass is 32.2. The molecule has 1 aromatic carbocycles. The number of hydrogen-bond acceptors (Lipinski definition) is 5. The molecule has 1 aromatic rings. The van der Waals surface area contributed by atoms with E-state index in [1.165, 1.54) is 4.90 Å². The van der Waals surface area contributed by atoms with E-state index in [1.807, 2.05) is 0 Å². The zero-order valence-electron chi connectivity index (χ0n) is 17.7. The average Bonchev–Trinajstić information content (AvgIpc) is 3.44. The molecule has 7 nitrogen and oxygen atoms in total. The number of carbonyl (C=O) groups is 2. The zero-order chi connectivity index (χ0) is 21.7. The number of carbonyl (C=O) groups excluding carboxylic acids is 2. The molecule has 3 rings (SSSR count). The van der Waals surface area contributed by atoms with Crippen LogP contribution in [0.3, 0.4) is 0 Å². The standard InChI is InChI=1S/C21H29FN2O5S.H2S/c1-15(17-6-5-7-18(20(17)22)29-13-16-8-9-16)14-30(27,28)11-4-2-3-10-24-12-19(25)23-21(24)26;/h5-7,15-16H,2-4,8-14H2,1H3,(H,23,25,26);1H2/t15-;/m1./s1. The van der Waals surface area contributed by atoms with Crippen molar-refractivity contribution >= 4 is 35.3 Å². The summed E-state index contributed by atoms with van der Waals surface area (Å²) in [6.45, 7) is 2.69. The number of nitrogens with zero attached hydrogens (tertiary/aromatic N) is 1. The normalized spacial score (nSPS) is 17.3. The van der Waals surface area contributed by atoms with Crippen LogP contribution in [-0.2, 0) is 14.6 Å². The van der Waals surface area contributed by atoms with E-state index in [9.17, 15) is 22.4 Å². The Morgan fingerprint density at radius 1 is 1.23 bits per heavy atom. The Labute approximate surface area is 190 Å². The molecule has 10 heteroatoms. The highest BCUT2D eigenvalue weighted by Crippen LogP contribution is 2.32. The summed E-state index contributed by atoms with van der Waals surface area (Å²) in [5, 5.41) is 2.21. The third-order valence-electron chi connectivity index (χ3n) is 5.45. The maximum Gasteiger partial charge on any atom is 0.324 e. The topological polar surface area (TPSA) is 92.8 Å². The van der Waals surface area contributed by atoms with Gasteiger partial charge in [0.1, 0.15) is 6.54 Å². The van der Waals surface area contributed by atoms with Crippen LogP contribution in [-0.4, -0.2) is 56.5 Å². The number of urea groups is 1. The molecular weight excluding hydrogens is 443 g/mol. The van der Waals surface area contributed by atoms with Crippen molar-refractivity contribution in [3.8, 4) is 5.75 Å². The first-order valence-corrected chi connectivity index (χ1v) is 12.3. The summed E-state index contributed by atoms with van der Waals surface area (Å²) in [7, 11) is -3.35. The second kappa shape index (κ2) is 11.2. The Morgan fingerprint density at radius 2 is 1.97 bits per heavy atom. The minimum atomic E-state index is -3.35. The van der Waals surface area contributed by atoms with Crippen molar-refractivity contribution in [2.24, 2.45) is 5.92 Å². The van der Waals surface area contributed by atoms with E-state index < -0.39 is 27.6 Å². The average molecular weight is 475 g/mol. The molecule has 2 fully saturated rings. The van der Waals surface area contributed by atoms with Gasteiger partial charge in [-0.25, -0.2) is 17.6 Å². The molecule has 0 bridgehead atoms. The quantitative estimate of drug-likeness (QED) is 0.371. The third kappa shape index (κ3) is 7.68. The van der Waals surface area contributed by atoms with Gasteiger partial charge in [0, 0.05) is 6.54 Å². The summed E-state index contributed by atoms with van der Waals surface area (Å²) in [6, 6.07) is 4.49. The Morgan fingerprint density at radius 3 is 2.61 bits per heavy atom. The molecule has 1 aliphatic carbocycles. The number of unbranched alkanes of at least 4 members (excludes halogenated alkanes) is 2. The summed E-state index contributed by atoms with van der Waals surface area (Å²) >= 11 is 0. The van der Waals surface area contributed by atoms with Crippen LogP contribution < -0.4 is 10.1 Å². The molecule has 1 atom stereocenters. The lowest BCUT2D eigenvalue weighted by Gasteiger charge is -2.16. The maximum absolute atomic E-state index is 14.7. The van der Waals surface area contributed by atoms with Crippen molar-refractivity contribution in [3.05, 3.63) is 29.6 Å². The molecule has 31 heavy (non-hydrogen) atoms. The minimum Gasteiger partial charge on any atom is -0.490 e. The Kier molecular flexibility index (Phi) is 9.17. The monoisotopic (exact) mass is 474 g/mol. The van der Waals surface area contributed by atoms with Gasteiger partial charge < -0.3 is 9.64 Å². The van der Waals surface area contributed by atoms with Crippen LogP contribution >= 0.6 is 13.5 Å². The Balaban J connectivity index is 0.00000341. The second-order valence-corrected chi connectivity index (χ2v) is 10.5. The molecule has 2 aliphatic rings. The van der Waals surface area contributed by atoms with E-state index in [2.05, 4.69) is 5.32 Å².